The first-order valence-corrected chi connectivity index (χ1v) is 12.7. The van der Waals surface area contributed by atoms with Gasteiger partial charge in [0.1, 0.15) is 18.4 Å². The van der Waals surface area contributed by atoms with Gasteiger partial charge in [-0.1, -0.05) is 36.4 Å². The van der Waals surface area contributed by atoms with Crippen LogP contribution >= 0.6 is 0 Å². The number of carbonyl (C=O) groups is 3. The van der Waals surface area contributed by atoms with E-state index in [0.717, 1.165) is 11.0 Å². The van der Waals surface area contributed by atoms with E-state index in [1.54, 1.807) is 32.0 Å². The first-order valence-electron chi connectivity index (χ1n) is 12.7. The van der Waals surface area contributed by atoms with Crippen LogP contribution in [0, 0.1) is 19.7 Å². The van der Waals surface area contributed by atoms with E-state index in [1.807, 2.05) is 0 Å². The molecule has 0 bridgehead atoms. The number of aliphatic carboxylic acids is 1. The van der Waals surface area contributed by atoms with Gasteiger partial charge < -0.3 is 14.9 Å². The minimum absolute atomic E-state index is 0.00985. The quantitative estimate of drug-likeness (QED) is 0.405. The predicted molar refractivity (Wildman–Crippen MR) is 140 cm³/mol. The van der Waals surface area contributed by atoms with E-state index in [0.29, 0.717) is 27.9 Å². The molecule has 0 saturated carbocycles. The molecule has 43 heavy (non-hydrogen) atoms. The Kier molecular flexibility index (Phi) is 10.3. The predicted octanol–water partition coefficient (Wildman–Crippen LogP) is 4.04. The van der Waals surface area contributed by atoms with E-state index >= 15 is 0 Å². The number of benzene rings is 2. The molecule has 0 aliphatic carbocycles. The van der Waals surface area contributed by atoms with Gasteiger partial charge in [0, 0.05) is 25.1 Å². The van der Waals surface area contributed by atoms with Gasteiger partial charge >= 0.3 is 12.1 Å². The van der Waals surface area contributed by atoms with Crippen molar-refractivity contribution < 1.29 is 45.8 Å². The summed E-state index contributed by atoms with van der Waals surface area (Å²) in [5, 5.41) is 13.6. The molecule has 1 unspecified atom stereocenters. The number of halogens is 6. The zero-order valence-corrected chi connectivity index (χ0v) is 22.8. The number of nitrogens with zero attached hydrogens (tertiary/aromatic N) is 3. The van der Waals surface area contributed by atoms with Gasteiger partial charge in [0.25, 0.3) is 17.9 Å². The minimum Gasteiger partial charge on any atom is -0.475 e. The number of carboxylic acid groups (broad SMARTS) is 1. The highest BCUT2D eigenvalue weighted by Gasteiger charge is 2.39. The Balaban J connectivity index is 0.000000646. The van der Waals surface area contributed by atoms with Crippen molar-refractivity contribution in [3.05, 3.63) is 98.2 Å². The van der Waals surface area contributed by atoms with E-state index in [2.05, 4.69) is 10.2 Å². The van der Waals surface area contributed by atoms with Gasteiger partial charge in [-0.25, -0.2) is 23.1 Å². The molecule has 3 aromatic rings. The number of aromatic nitrogens is 2. The Morgan fingerprint density at radius 1 is 1.02 bits per heavy atom. The summed E-state index contributed by atoms with van der Waals surface area (Å²) in [7, 11) is 0. The third-order valence-electron chi connectivity index (χ3n) is 6.76. The average molecular weight is 613 g/mol. The van der Waals surface area contributed by atoms with Crippen LogP contribution in [-0.2, 0) is 16.0 Å². The van der Waals surface area contributed by atoms with Crippen molar-refractivity contribution in [2.75, 3.05) is 19.6 Å². The van der Waals surface area contributed by atoms with Crippen molar-refractivity contribution in [2.45, 2.75) is 38.9 Å². The third-order valence-corrected chi connectivity index (χ3v) is 6.76. The second-order valence-corrected chi connectivity index (χ2v) is 9.55. The Morgan fingerprint density at radius 3 is 2.21 bits per heavy atom. The van der Waals surface area contributed by atoms with Crippen molar-refractivity contribution in [3.63, 3.8) is 0 Å². The van der Waals surface area contributed by atoms with Crippen LogP contribution in [0.25, 0.3) is 0 Å². The summed E-state index contributed by atoms with van der Waals surface area (Å²) < 4.78 is 74.1. The maximum absolute atomic E-state index is 14.6. The van der Waals surface area contributed by atoms with Crippen molar-refractivity contribution >= 4 is 17.8 Å². The molecule has 0 radical (unpaired) electrons. The molecule has 2 heterocycles. The lowest BCUT2D eigenvalue weighted by Crippen LogP contribution is -2.54. The van der Waals surface area contributed by atoms with Crippen molar-refractivity contribution in [2.24, 2.45) is 0 Å². The van der Waals surface area contributed by atoms with Gasteiger partial charge in [-0.15, -0.1) is 0 Å². The topological polar surface area (TPSA) is 124 Å². The summed E-state index contributed by atoms with van der Waals surface area (Å²) in [6.45, 7) is 2.89. The number of alkyl halides is 5. The van der Waals surface area contributed by atoms with E-state index in [4.69, 9.17) is 9.90 Å². The Bertz CT molecular complexity index is 1540. The molecular formula is C28H26F6N4O5. The summed E-state index contributed by atoms with van der Waals surface area (Å²) in [6.07, 6.45) is -7.63. The number of amides is 2. The molecule has 230 valence electrons. The van der Waals surface area contributed by atoms with E-state index in [-0.39, 0.29) is 30.6 Å². The molecule has 1 aliphatic heterocycles. The fourth-order valence-electron chi connectivity index (χ4n) is 4.32. The molecule has 1 atom stereocenters. The zero-order chi connectivity index (χ0) is 32.1. The van der Waals surface area contributed by atoms with Crippen LogP contribution in [-0.4, -0.2) is 75.1 Å². The molecule has 1 saturated heterocycles. The van der Waals surface area contributed by atoms with Crippen LogP contribution in [0.4, 0.5) is 26.3 Å². The number of nitrogens with one attached hydrogen (secondary N) is 1. The number of carbonyl (C=O) groups excluding carboxylic acids is 2. The van der Waals surface area contributed by atoms with Crippen molar-refractivity contribution in [3.8, 4) is 0 Å². The maximum Gasteiger partial charge on any atom is 0.490 e. The molecule has 0 spiro atoms. The summed E-state index contributed by atoms with van der Waals surface area (Å²) >= 11 is 0. The summed E-state index contributed by atoms with van der Waals surface area (Å²) in [4.78, 5) is 48.8. The van der Waals surface area contributed by atoms with Crippen molar-refractivity contribution in [1.29, 1.82) is 0 Å². The second kappa shape index (κ2) is 13.5. The van der Waals surface area contributed by atoms with Gasteiger partial charge in [-0.05, 0) is 42.7 Å². The smallest absolute Gasteiger partial charge is 0.475 e. The standard InChI is InChI=1S/C26H25F3N4O3.C2HF3O2/c1-15-16(2)25(35)31-30-21(15)13-17-8-9-20(27)19(12-17)26(36)32-10-11-33(22(34)14-32)23(24(28)29)18-6-4-3-5-7-18;3-2(4,5)1(6)7/h3-9,12,23-24H,10-11,13-14H2,1-2H3,(H,31,35);(H,6,7). The molecule has 2 amide bonds. The van der Waals surface area contributed by atoms with Gasteiger partial charge in [0.2, 0.25) is 5.91 Å². The Morgan fingerprint density at radius 2 is 1.65 bits per heavy atom. The molecule has 4 rings (SSSR count). The zero-order valence-electron chi connectivity index (χ0n) is 22.8. The van der Waals surface area contributed by atoms with Crippen LogP contribution in [0.5, 0.6) is 0 Å². The molecule has 2 aromatic carbocycles. The fraction of sp³-hybridized carbons (Fsp3) is 0.321. The summed E-state index contributed by atoms with van der Waals surface area (Å²) in [5.41, 5.74) is 2.18. The number of hydrogen-bond donors (Lipinski definition) is 2. The lowest BCUT2D eigenvalue weighted by atomic mass is 10.0. The minimum atomic E-state index is -5.08. The molecule has 1 aliphatic rings. The normalized spacial score (nSPS) is 14.3. The molecule has 9 nitrogen and oxygen atoms in total. The largest absolute Gasteiger partial charge is 0.490 e. The third kappa shape index (κ3) is 7.99. The monoisotopic (exact) mass is 612 g/mol. The lowest BCUT2D eigenvalue weighted by molar-refractivity contribution is -0.192. The SMILES string of the molecule is Cc1c(Cc2ccc(F)c(C(=O)N3CCN(C(c4ccccc4)C(F)F)C(=O)C3)c2)n[nH]c(=O)c1C.O=C(O)C(F)(F)F. The van der Waals surface area contributed by atoms with Gasteiger partial charge in [0.15, 0.2) is 0 Å². The summed E-state index contributed by atoms with van der Waals surface area (Å²) in [5.74, 6) is -4.84. The fourth-order valence-corrected chi connectivity index (χ4v) is 4.32. The molecule has 1 fully saturated rings. The van der Waals surface area contributed by atoms with Crippen LogP contribution in [0.15, 0.2) is 53.3 Å². The van der Waals surface area contributed by atoms with Crippen LogP contribution < -0.4 is 5.56 Å². The maximum atomic E-state index is 14.6. The lowest BCUT2D eigenvalue weighted by Gasteiger charge is -2.39. The highest BCUT2D eigenvalue weighted by atomic mass is 19.4. The first kappa shape index (κ1) is 32.8. The van der Waals surface area contributed by atoms with Crippen LogP contribution in [0.2, 0.25) is 0 Å². The summed E-state index contributed by atoms with van der Waals surface area (Å²) in [6, 6.07) is 10.6. The van der Waals surface area contributed by atoms with Crippen LogP contribution in [0.3, 0.4) is 0 Å². The highest BCUT2D eigenvalue weighted by molar-refractivity contribution is 5.97. The van der Waals surface area contributed by atoms with Gasteiger partial charge in [0.05, 0.1) is 11.3 Å². The highest BCUT2D eigenvalue weighted by Crippen LogP contribution is 2.29. The first-order chi connectivity index (χ1) is 20.1. The van der Waals surface area contributed by atoms with Gasteiger partial charge in [-0.3, -0.25) is 14.4 Å². The average Bonchev–Trinajstić information content (AvgIpc) is 2.95. The number of aromatic amines is 1. The van der Waals surface area contributed by atoms with Gasteiger partial charge in [-0.2, -0.15) is 18.3 Å². The van der Waals surface area contributed by atoms with E-state index in [9.17, 15) is 40.7 Å². The van der Waals surface area contributed by atoms with Crippen molar-refractivity contribution in [1.82, 2.24) is 20.0 Å². The molecular weight excluding hydrogens is 586 g/mol. The van der Waals surface area contributed by atoms with E-state index < -0.39 is 48.8 Å². The number of rotatable bonds is 6. The number of H-pyrrole nitrogens is 1. The Hall–Kier alpha value is -4.69. The second-order valence-electron chi connectivity index (χ2n) is 9.55. The Labute approximate surface area is 240 Å². The number of piperazine rings is 1. The molecule has 2 N–H and O–H groups in total. The number of carboxylic acids is 1. The number of hydrogen-bond acceptors (Lipinski definition) is 5. The van der Waals surface area contributed by atoms with Crippen LogP contribution in [0.1, 0.15) is 44.3 Å². The molecule has 1 aromatic heterocycles. The van der Waals surface area contributed by atoms with E-state index in [1.165, 1.54) is 29.2 Å². The molecule has 15 heteroatoms.